The van der Waals surface area contributed by atoms with Crippen molar-refractivity contribution >= 4 is 39.0 Å². The smallest absolute Gasteiger partial charge is 0.225 e. The normalized spacial score (nSPS) is 12.5. The number of benzene rings is 1. The summed E-state index contributed by atoms with van der Waals surface area (Å²) in [5.74, 6) is 0.477. The highest BCUT2D eigenvalue weighted by Gasteiger charge is 2.16. The summed E-state index contributed by atoms with van der Waals surface area (Å²) in [5, 5.41) is 6.54. The molecule has 3 aromatic rings. The Morgan fingerprint density at radius 3 is 2.68 bits per heavy atom. The highest BCUT2D eigenvalue weighted by molar-refractivity contribution is 7.17. The van der Waals surface area contributed by atoms with Crippen molar-refractivity contribution in [1.82, 2.24) is 9.97 Å². The summed E-state index contributed by atoms with van der Waals surface area (Å²) >= 11 is 7.53. The molecule has 6 heteroatoms. The quantitative estimate of drug-likeness (QED) is 0.652. The largest absolute Gasteiger partial charge is 0.367 e. The molecule has 1 aromatic carbocycles. The second-order valence-electron chi connectivity index (χ2n) is 5.13. The Bertz CT molecular complexity index is 801. The topological polar surface area (TPSA) is 37.8 Å². The highest BCUT2D eigenvalue weighted by atomic mass is 35.5. The minimum Gasteiger partial charge on any atom is -0.367 e. The molecular weight excluding hydrogens is 321 g/mol. The highest BCUT2D eigenvalue weighted by Crippen LogP contribution is 2.37. The molecule has 0 fully saturated rings. The van der Waals surface area contributed by atoms with Crippen molar-refractivity contribution in [2.75, 3.05) is 5.32 Å². The standard InChI is InChI=1S/C16H15ClFN3S/c1-3-9(2)19-14-13-12(10-4-6-11(18)7-5-10)8-22-15(13)21-16(17)20-14/h4-9H,3H2,1-2H3,(H,19,20,21). The number of hydrogen-bond acceptors (Lipinski definition) is 4. The lowest BCUT2D eigenvalue weighted by molar-refractivity contribution is 0.628. The monoisotopic (exact) mass is 335 g/mol. The fourth-order valence-electron chi connectivity index (χ4n) is 2.20. The van der Waals surface area contributed by atoms with Gasteiger partial charge in [-0.25, -0.2) is 14.4 Å². The first-order valence-corrected chi connectivity index (χ1v) is 8.31. The fourth-order valence-corrected chi connectivity index (χ4v) is 3.36. The van der Waals surface area contributed by atoms with Gasteiger partial charge >= 0.3 is 0 Å². The Balaban J connectivity index is 2.17. The number of aromatic nitrogens is 2. The Kier molecular flexibility index (Phi) is 4.27. The minimum atomic E-state index is -0.250. The van der Waals surface area contributed by atoms with Gasteiger partial charge in [0.2, 0.25) is 5.28 Å². The number of nitrogens with zero attached hydrogens (tertiary/aromatic N) is 2. The van der Waals surface area contributed by atoms with Crippen LogP contribution in [0.15, 0.2) is 29.6 Å². The molecule has 0 bridgehead atoms. The van der Waals surface area contributed by atoms with Crippen LogP contribution in [-0.4, -0.2) is 16.0 Å². The zero-order valence-electron chi connectivity index (χ0n) is 12.2. The van der Waals surface area contributed by atoms with Gasteiger partial charge in [-0.3, -0.25) is 0 Å². The van der Waals surface area contributed by atoms with E-state index in [-0.39, 0.29) is 17.1 Å². The van der Waals surface area contributed by atoms with Crippen LogP contribution in [0.4, 0.5) is 10.2 Å². The molecule has 2 heterocycles. The molecule has 3 rings (SSSR count). The van der Waals surface area contributed by atoms with E-state index in [1.165, 1.54) is 23.5 Å². The molecule has 0 aliphatic rings. The number of thiophene rings is 1. The zero-order chi connectivity index (χ0) is 15.7. The van der Waals surface area contributed by atoms with Gasteiger partial charge in [-0.05, 0) is 42.6 Å². The molecule has 0 spiro atoms. The second kappa shape index (κ2) is 6.18. The molecule has 2 aromatic heterocycles. The summed E-state index contributed by atoms with van der Waals surface area (Å²) in [6.07, 6.45) is 0.971. The van der Waals surface area contributed by atoms with Crippen LogP contribution in [0, 0.1) is 5.82 Å². The molecule has 22 heavy (non-hydrogen) atoms. The van der Waals surface area contributed by atoms with Gasteiger partial charge in [-0.1, -0.05) is 19.1 Å². The SMILES string of the molecule is CCC(C)Nc1nc(Cl)nc2scc(-c3ccc(F)cc3)c12. The molecule has 0 aliphatic carbocycles. The third-order valence-corrected chi connectivity index (χ3v) is 4.60. The molecule has 0 aliphatic heterocycles. The molecule has 114 valence electrons. The lowest BCUT2D eigenvalue weighted by Crippen LogP contribution is -2.15. The summed E-state index contributed by atoms with van der Waals surface area (Å²) < 4.78 is 13.1. The van der Waals surface area contributed by atoms with Gasteiger partial charge in [0, 0.05) is 17.0 Å². The third-order valence-electron chi connectivity index (χ3n) is 3.56. The lowest BCUT2D eigenvalue weighted by Gasteiger charge is -2.14. The van der Waals surface area contributed by atoms with Gasteiger partial charge < -0.3 is 5.32 Å². The van der Waals surface area contributed by atoms with Crippen molar-refractivity contribution in [2.45, 2.75) is 26.3 Å². The van der Waals surface area contributed by atoms with Crippen LogP contribution in [0.1, 0.15) is 20.3 Å². The van der Waals surface area contributed by atoms with Gasteiger partial charge in [0.1, 0.15) is 16.5 Å². The van der Waals surface area contributed by atoms with Crippen molar-refractivity contribution < 1.29 is 4.39 Å². The van der Waals surface area contributed by atoms with Crippen molar-refractivity contribution in [2.24, 2.45) is 0 Å². The molecule has 0 radical (unpaired) electrons. The molecule has 0 saturated carbocycles. The van der Waals surface area contributed by atoms with Crippen molar-refractivity contribution in [3.8, 4) is 11.1 Å². The van der Waals surface area contributed by atoms with Gasteiger partial charge in [-0.2, -0.15) is 0 Å². The van der Waals surface area contributed by atoms with E-state index in [1.807, 2.05) is 5.38 Å². The van der Waals surface area contributed by atoms with Crippen LogP contribution in [0.25, 0.3) is 21.3 Å². The molecule has 1 atom stereocenters. The van der Waals surface area contributed by atoms with Crippen LogP contribution in [-0.2, 0) is 0 Å². The van der Waals surface area contributed by atoms with E-state index in [0.29, 0.717) is 0 Å². The summed E-state index contributed by atoms with van der Waals surface area (Å²) in [7, 11) is 0. The summed E-state index contributed by atoms with van der Waals surface area (Å²) in [6.45, 7) is 4.19. The van der Waals surface area contributed by atoms with E-state index in [4.69, 9.17) is 11.6 Å². The van der Waals surface area contributed by atoms with E-state index < -0.39 is 0 Å². The predicted octanol–water partition coefficient (Wildman–Crippen LogP) is 5.36. The number of rotatable bonds is 4. The molecular formula is C16H15ClFN3S. The second-order valence-corrected chi connectivity index (χ2v) is 6.33. The predicted molar refractivity (Wildman–Crippen MR) is 91.2 cm³/mol. The van der Waals surface area contributed by atoms with Gasteiger partial charge in [0.05, 0.1) is 5.39 Å². The van der Waals surface area contributed by atoms with Crippen LogP contribution in [0.2, 0.25) is 5.28 Å². The summed E-state index contributed by atoms with van der Waals surface area (Å²) in [5.41, 5.74) is 1.92. The van der Waals surface area contributed by atoms with Crippen LogP contribution in [0.3, 0.4) is 0 Å². The maximum Gasteiger partial charge on any atom is 0.225 e. The Morgan fingerprint density at radius 1 is 1.27 bits per heavy atom. The van der Waals surface area contributed by atoms with E-state index in [9.17, 15) is 4.39 Å². The van der Waals surface area contributed by atoms with E-state index in [1.54, 1.807) is 12.1 Å². The van der Waals surface area contributed by atoms with Crippen LogP contribution >= 0.6 is 22.9 Å². The Morgan fingerprint density at radius 2 is 2.00 bits per heavy atom. The average Bonchev–Trinajstić information content (AvgIpc) is 2.91. The number of anilines is 1. The van der Waals surface area contributed by atoms with E-state index >= 15 is 0 Å². The Labute approximate surface area is 137 Å². The molecule has 1 unspecified atom stereocenters. The number of hydrogen-bond donors (Lipinski definition) is 1. The van der Waals surface area contributed by atoms with Gasteiger partial charge in [0.15, 0.2) is 0 Å². The molecule has 3 nitrogen and oxygen atoms in total. The maximum atomic E-state index is 13.1. The fraction of sp³-hybridized carbons (Fsp3) is 0.250. The lowest BCUT2D eigenvalue weighted by atomic mass is 10.1. The van der Waals surface area contributed by atoms with E-state index in [0.717, 1.165) is 33.6 Å². The number of fused-ring (bicyclic) bond motifs is 1. The van der Waals surface area contributed by atoms with Crippen molar-refractivity contribution in [3.63, 3.8) is 0 Å². The third kappa shape index (κ3) is 2.91. The summed E-state index contributed by atoms with van der Waals surface area (Å²) in [4.78, 5) is 9.46. The first-order valence-electron chi connectivity index (χ1n) is 7.05. The summed E-state index contributed by atoms with van der Waals surface area (Å²) in [6, 6.07) is 6.71. The molecule has 0 saturated heterocycles. The van der Waals surface area contributed by atoms with E-state index in [2.05, 4.69) is 29.1 Å². The zero-order valence-corrected chi connectivity index (χ0v) is 13.8. The first-order chi connectivity index (χ1) is 10.6. The number of halogens is 2. The Hall–Kier alpha value is -1.72. The molecule has 1 N–H and O–H groups in total. The number of nitrogens with one attached hydrogen (secondary N) is 1. The van der Waals surface area contributed by atoms with Gasteiger partial charge in [0.25, 0.3) is 0 Å². The van der Waals surface area contributed by atoms with Crippen LogP contribution in [0.5, 0.6) is 0 Å². The maximum absolute atomic E-state index is 13.1. The molecule has 0 amide bonds. The van der Waals surface area contributed by atoms with Gasteiger partial charge in [-0.15, -0.1) is 11.3 Å². The van der Waals surface area contributed by atoms with Crippen molar-refractivity contribution in [3.05, 3.63) is 40.7 Å². The van der Waals surface area contributed by atoms with Crippen LogP contribution < -0.4 is 5.32 Å². The van der Waals surface area contributed by atoms with Crippen molar-refractivity contribution in [1.29, 1.82) is 0 Å². The minimum absolute atomic E-state index is 0.228. The first kappa shape index (κ1) is 15.2. The average molecular weight is 336 g/mol.